The number of hydrogen-bond donors (Lipinski definition) is 1. The SMILES string of the molecule is Cc1ccc2nc(-c3ccc4[nH]ccc4c3)c(N3CCCc4cc(Cl)ccc43)nc2c1. The molecule has 2 aromatic heterocycles. The molecule has 4 nitrogen and oxygen atoms in total. The van der Waals surface area contributed by atoms with Crippen molar-refractivity contribution in [3.05, 3.63) is 83.0 Å². The Kier molecular flexibility index (Phi) is 4.22. The molecule has 0 unspecified atom stereocenters. The van der Waals surface area contributed by atoms with Gasteiger partial charge in [-0.05, 0) is 79.4 Å². The summed E-state index contributed by atoms with van der Waals surface area (Å²) in [6, 6.07) is 20.9. The molecule has 5 heteroatoms. The van der Waals surface area contributed by atoms with Gasteiger partial charge in [0.15, 0.2) is 5.82 Å². The molecular formula is C26H21ClN4. The molecule has 0 atom stereocenters. The maximum absolute atomic E-state index is 6.29. The number of nitrogens with one attached hydrogen (secondary N) is 1. The first-order valence-electron chi connectivity index (χ1n) is 10.6. The van der Waals surface area contributed by atoms with Crippen LogP contribution in [0.1, 0.15) is 17.5 Å². The summed E-state index contributed by atoms with van der Waals surface area (Å²) in [6.45, 7) is 2.99. The lowest BCUT2D eigenvalue weighted by Crippen LogP contribution is -2.26. The van der Waals surface area contributed by atoms with E-state index in [2.05, 4.69) is 71.4 Å². The molecule has 1 aliphatic rings. The maximum Gasteiger partial charge on any atom is 0.160 e. The van der Waals surface area contributed by atoms with Crippen molar-refractivity contribution in [3.8, 4) is 11.3 Å². The summed E-state index contributed by atoms with van der Waals surface area (Å²) in [6.07, 6.45) is 4.04. The number of nitrogens with zero attached hydrogens (tertiary/aromatic N) is 3. The van der Waals surface area contributed by atoms with Crippen molar-refractivity contribution in [1.82, 2.24) is 15.0 Å². The third kappa shape index (κ3) is 3.15. The van der Waals surface area contributed by atoms with E-state index in [1.54, 1.807) is 0 Å². The summed E-state index contributed by atoms with van der Waals surface area (Å²) in [5.74, 6) is 0.899. The molecule has 1 aliphatic heterocycles. The molecule has 31 heavy (non-hydrogen) atoms. The molecule has 0 bridgehead atoms. The smallest absolute Gasteiger partial charge is 0.160 e. The van der Waals surface area contributed by atoms with E-state index in [1.165, 1.54) is 22.2 Å². The lowest BCUT2D eigenvalue weighted by Gasteiger charge is -2.32. The van der Waals surface area contributed by atoms with Gasteiger partial charge in [-0.3, -0.25) is 0 Å². The first-order chi connectivity index (χ1) is 15.2. The second-order valence-electron chi connectivity index (χ2n) is 8.20. The van der Waals surface area contributed by atoms with Gasteiger partial charge in [-0.1, -0.05) is 23.7 Å². The molecule has 3 heterocycles. The summed E-state index contributed by atoms with van der Waals surface area (Å²) in [4.78, 5) is 15.8. The predicted molar refractivity (Wildman–Crippen MR) is 128 cm³/mol. The summed E-state index contributed by atoms with van der Waals surface area (Å²) in [5.41, 5.74) is 8.53. The zero-order chi connectivity index (χ0) is 20.9. The molecule has 0 saturated carbocycles. The van der Waals surface area contributed by atoms with Crippen molar-refractivity contribution in [2.45, 2.75) is 19.8 Å². The lowest BCUT2D eigenvalue weighted by molar-refractivity contribution is 0.760. The molecular weight excluding hydrogens is 404 g/mol. The monoisotopic (exact) mass is 424 g/mol. The van der Waals surface area contributed by atoms with Crippen molar-refractivity contribution >= 4 is 45.0 Å². The highest BCUT2D eigenvalue weighted by atomic mass is 35.5. The molecule has 3 aromatic carbocycles. The second-order valence-corrected chi connectivity index (χ2v) is 8.63. The van der Waals surface area contributed by atoms with Crippen LogP contribution >= 0.6 is 11.6 Å². The van der Waals surface area contributed by atoms with Crippen molar-refractivity contribution in [2.75, 3.05) is 11.4 Å². The van der Waals surface area contributed by atoms with Crippen LogP contribution in [0.2, 0.25) is 5.02 Å². The number of hydrogen-bond acceptors (Lipinski definition) is 3. The molecule has 0 aliphatic carbocycles. The number of aryl methyl sites for hydroxylation is 2. The first kappa shape index (κ1) is 18.4. The van der Waals surface area contributed by atoms with Crippen molar-refractivity contribution in [3.63, 3.8) is 0 Å². The fraction of sp³-hybridized carbons (Fsp3) is 0.154. The lowest BCUT2D eigenvalue weighted by atomic mass is 10.0. The minimum absolute atomic E-state index is 0.777. The average molecular weight is 425 g/mol. The third-order valence-corrected chi connectivity index (χ3v) is 6.28. The molecule has 5 aromatic rings. The number of halogens is 1. The highest BCUT2D eigenvalue weighted by Gasteiger charge is 2.24. The van der Waals surface area contributed by atoms with Crippen LogP contribution in [0.15, 0.2) is 66.9 Å². The van der Waals surface area contributed by atoms with E-state index in [-0.39, 0.29) is 0 Å². The van der Waals surface area contributed by atoms with E-state index in [1.807, 2.05) is 12.3 Å². The van der Waals surface area contributed by atoms with Gasteiger partial charge in [0.2, 0.25) is 0 Å². The van der Waals surface area contributed by atoms with Gasteiger partial charge in [-0.25, -0.2) is 9.97 Å². The highest BCUT2D eigenvalue weighted by molar-refractivity contribution is 6.30. The van der Waals surface area contributed by atoms with Crippen LogP contribution in [0, 0.1) is 6.92 Å². The fourth-order valence-corrected chi connectivity index (χ4v) is 4.72. The van der Waals surface area contributed by atoms with Crippen molar-refractivity contribution < 1.29 is 0 Å². The second kappa shape index (κ2) is 7.10. The molecule has 0 radical (unpaired) electrons. The van der Waals surface area contributed by atoms with Crippen LogP contribution in [0.3, 0.4) is 0 Å². The Hall–Kier alpha value is -3.37. The van der Waals surface area contributed by atoms with Gasteiger partial charge >= 0.3 is 0 Å². The van der Waals surface area contributed by atoms with Gasteiger partial charge in [-0.15, -0.1) is 0 Å². The summed E-state index contributed by atoms with van der Waals surface area (Å²) >= 11 is 6.29. The van der Waals surface area contributed by atoms with E-state index in [4.69, 9.17) is 21.6 Å². The standard InChI is InChI=1S/C26H21ClN4/c1-16-4-7-22-23(13-16)30-26(31-12-2-3-18-15-20(27)6-9-24(18)31)25(29-22)19-5-8-21-17(14-19)10-11-28-21/h4-11,13-15,28H,2-3,12H2,1H3. The topological polar surface area (TPSA) is 44.8 Å². The van der Waals surface area contributed by atoms with Gasteiger partial charge in [0.05, 0.1) is 11.0 Å². The zero-order valence-electron chi connectivity index (χ0n) is 17.2. The molecule has 0 fully saturated rings. The molecule has 0 amide bonds. The Labute approximate surface area is 185 Å². The number of rotatable bonds is 2. The first-order valence-corrected chi connectivity index (χ1v) is 11.0. The number of benzene rings is 3. The predicted octanol–water partition coefficient (Wildman–Crippen LogP) is 6.82. The van der Waals surface area contributed by atoms with Gasteiger partial charge < -0.3 is 9.88 Å². The minimum Gasteiger partial charge on any atom is -0.361 e. The number of aromatic nitrogens is 3. The largest absolute Gasteiger partial charge is 0.361 e. The van der Waals surface area contributed by atoms with Crippen LogP contribution in [0.5, 0.6) is 0 Å². The molecule has 6 rings (SSSR count). The quantitative estimate of drug-likeness (QED) is 0.338. The molecule has 0 spiro atoms. The Morgan fingerprint density at radius 1 is 0.935 bits per heavy atom. The average Bonchev–Trinajstić information content (AvgIpc) is 3.25. The number of H-pyrrole nitrogens is 1. The summed E-state index contributed by atoms with van der Waals surface area (Å²) in [7, 11) is 0. The van der Waals surface area contributed by atoms with Crippen LogP contribution in [-0.4, -0.2) is 21.5 Å². The van der Waals surface area contributed by atoms with Crippen molar-refractivity contribution in [2.24, 2.45) is 0 Å². The normalized spacial score (nSPS) is 13.7. The van der Waals surface area contributed by atoms with Crippen molar-refractivity contribution in [1.29, 1.82) is 0 Å². The van der Waals surface area contributed by atoms with Gasteiger partial charge in [0.25, 0.3) is 0 Å². The zero-order valence-corrected chi connectivity index (χ0v) is 17.9. The highest BCUT2D eigenvalue weighted by Crippen LogP contribution is 2.39. The Balaban J connectivity index is 1.61. The van der Waals surface area contributed by atoms with Crippen LogP contribution in [0.4, 0.5) is 11.5 Å². The van der Waals surface area contributed by atoms with Gasteiger partial charge in [-0.2, -0.15) is 0 Å². The van der Waals surface area contributed by atoms with Gasteiger partial charge in [0.1, 0.15) is 5.69 Å². The maximum atomic E-state index is 6.29. The number of aromatic amines is 1. The molecule has 152 valence electrons. The third-order valence-electron chi connectivity index (χ3n) is 6.04. The summed E-state index contributed by atoms with van der Waals surface area (Å²) in [5, 5.41) is 1.94. The number of fused-ring (bicyclic) bond motifs is 3. The molecule has 0 saturated heterocycles. The summed E-state index contributed by atoms with van der Waals surface area (Å²) < 4.78 is 0. The van der Waals surface area contributed by atoms with Gasteiger partial charge in [0, 0.05) is 39.9 Å². The Morgan fingerprint density at radius 3 is 2.81 bits per heavy atom. The minimum atomic E-state index is 0.777. The Morgan fingerprint density at radius 2 is 1.87 bits per heavy atom. The number of anilines is 2. The van der Waals surface area contributed by atoms with E-state index in [0.717, 1.165) is 58.0 Å². The van der Waals surface area contributed by atoms with E-state index in [9.17, 15) is 0 Å². The Bertz CT molecular complexity index is 1450. The van der Waals surface area contributed by atoms with Crippen LogP contribution in [0.25, 0.3) is 33.2 Å². The van der Waals surface area contributed by atoms with E-state index < -0.39 is 0 Å². The van der Waals surface area contributed by atoms with E-state index >= 15 is 0 Å². The molecule has 1 N–H and O–H groups in total. The fourth-order valence-electron chi connectivity index (χ4n) is 4.52. The van der Waals surface area contributed by atoms with E-state index in [0.29, 0.717) is 0 Å². The van der Waals surface area contributed by atoms with Crippen LogP contribution < -0.4 is 4.90 Å². The van der Waals surface area contributed by atoms with Crippen LogP contribution in [-0.2, 0) is 6.42 Å².